The molecule has 0 N–H and O–H groups in total. The highest BCUT2D eigenvalue weighted by molar-refractivity contribution is 5.28. The van der Waals surface area contributed by atoms with Gasteiger partial charge in [-0.1, -0.05) is 43.8 Å². The van der Waals surface area contributed by atoms with Crippen molar-refractivity contribution in [3.05, 3.63) is 34.7 Å². The fourth-order valence-corrected chi connectivity index (χ4v) is 1.04. The fourth-order valence-electron chi connectivity index (χ4n) is 1.04. The molecule has 0 radical (unpaired) electrons. The fraction of sp³-hybridized carbons (Fsp3) is 0.273. The van der Waals surface area contributed by atoms with Gasteiger partial charge in [0, 0.05) is 0 Å². The zero-order chi connectivity index (χ0) is 7.40. The molecular formula is C11H16. The molecule has 0 saturated carbocycles. The summed E-state index contributed by atoms with van der Waals surface area (Å²) in [6.45, 7) is 4.12. The van der Waals surface area contributed by atoms with Gasteiger partial charge in [0.15, 0.2) is 0 Å². The van der Waals surface area contributed by atoms with Crippen molar-refractivity contribution < 1.29 is 0 Å². The first-order valence-electron chi connectivity index (χ1n) is 3.56. The molecule has 0 aliphatic heterocycles. The molecule has 0 saturated heterocycles. The van der Waals surface area contributed by atoms with Crippen molar-refractivity contribution >= 4 is 12.2 Å². The zero-order valence-corrected chi connectivity index (χ0v) is 6.46. The summed E-state index contributed by atoms with van der Waals surface area (Å²) in [5.41, 5.74) is 0. The Morgan fingerprint density at radius 3 is 1.55 bits per heavy atom. The van der Waals surface area contributed by atoms with Crippen molar-refractivity contribution in [2.45, 2.75) is 21.3 Å². The van der Waals surface area contributed by atoms with Gasteiger partial charge in [-0.3, -0.25) is 0 Å². The van der Waals surface area contributed by atoms with Crippen molar-refractivity contribution in [1.82, 2.24) is 0 Å². The molecule has 0 unspecified atom stereocenters. The van der Waals surface area contributed by atoms with Crippen molar-refractivity contribution in [3.63, 3.8) is 0 Å². The quantitative estimate of drug-likeness (QED) is 0.527. The second-order valence-electron chi connectivity index (χ2n) is 2.21. The average molecular weight is 148 g/mol. The Morgan fingerprint density at radius 2 is 1.27 bits per heavy atom. The Hall–Kier alpha value is -1.04. The van der Waals surface area contributed by atoms with Crippen LogP contribution in [-0.2, 0) is 0 Å². The normalized spacial score (nSPS) is 12.9. The van der Waals surface area contributed by atoms with Gasteiger partial charge in [0.05, 0.1) is 0 Å². The third-order valence-corrected chi connectivity index (χ3v) is 1.62. The second kappa shape index (κ2) is 4.73. The second-order valence-corrected chi connectivity index (χ2v) is 2.21. The van der Waals surface area contributed by atoms with Gasteiger partial charge in [-0.05, 0) is 24.3 Å². The lowest BCUT2D eigenvalue weighted by molar-refractivity contribution is 1.50. The number of hydrogen-bond donors (Lipinski definition) is 0. The molecule has 0 aliphatic carbocycles. The molecule has 1 aromatic carbocycles. The van der Waals surface area contributed by atoms with Crippen LogP contribution in [0.4, 0.5) is 0 Å². The van der Waals surface area contributed by atoms with Crippen LogP contribution in [0.15, 0.2) is 24.3 Å². The summed E-state index contributed by atoms with van der Waals surface area (Å²) in [6, 6.07) is 8.36. The molecule has 11 heavy (non-hydrogen) atoms. The van der Waals surface area contributed by atoms with Gasteiger partial charge >= 0.3 is 0 Å². The lowest BCUT2D eigenvalue weighted by Crippen LogP contribution is -2.22. The Bertz CT molecular complexity index is 274. The van der Waals surface area contributed by atoms with Crippen molar-refractivity contribution in [2.75, 3.05) is 0 Å². The van der Waals surface area contributed by atoms with Crippen LogP contribution < -0.4 is 10.4 Å². The van der Waals surface area contributed by atoms with E-state index in [0.29, 0.717) is 0 Å². The maximum absolute atomic E-state index is 2.12. The smallest absolute Gasteiger partial charge is 0.0230 e. The van der Waals surface area contributed by atoms with Crippen LogP contribution in [0.2, 0.25) is 0 Å². The highest BCUT2D eigenvalue weighted by atomic mass is 13.8. The molecule has 1 aromatic rings. The summed E-state index contributed by atoms with van der Waals surface area (Å²) in [4.78, 5) is 0. The van der Waals surface area contributed by atoms with E-state index in [4.69, 9.17) is 0 Å². The molecule has 0 aromatic heterocycles. The average Bonchev–Trinajstić information content (AvgIpc) is 2.04. The minimum Gasteiger partial charge on any atom is -0.0798 e. The first-order chi connectivity index (χ1) is 4.88. The van der Waals surface area contributed by atoms with Crippen LogP contribution in [0.1, 0.15) is 21.3 Å². The molecule has 0 heterocycles. The molecule has 60 valence electrons. The maximum atomic E-state index is 2.12. The van der Waals surface area contributed by atoms with Crippen molar-refractivity contribution in [2.24, 2.45) is 0 Å². The van der Waals surface area contributed by atoms with Crippen LogP contribution in [0.3, 0.4) is 0 Å². The summed E-state index contributed by atoms with van der Waals surface area (Å²) < 4.78 is 0. The predicted octanol–water partition coefficient (Wildman–Crippen LogP) is 1.92. The number of benzene rings is 1. The van der Waals surface area contributed by atoms with E-state index in [2.05, 4.69) is 50.3 Å². The summed E-state index contributed by atoms with van der Waals surface area (Å²) >= 11 is 0. The summed E-state index contributed by atoms with van der Waals surface area (Å²) in [6.07, 6.45) is 4.24. The number of hydrogen-bond acceptors (Lipinski definition) is 0. The van der Waals surface area contributed by atoms with Crippen molar-refractivity contribution in [1.29, 1.82) is 0 Å². The summed E-state index contributed by atoms with van der Waals surface area (Å²) in [5.74, 6) is 0. The first-order valence-corrected chi connectivity index (χ1v) is 3.56. The Balaban J connectivity index is 0.000001000. The molecule has 0 aliphatic rings. The molecule has 0 atom stereocenters. The highest BCUT2D eigenvalue weighted by Gasteiger charge is 1.77. The van der Waals surface area contributed by atoms with Gasteiger partial charge in [0.2, 0.25) is 0 Å². The van der Waals surface area contributed by atoms with Gasteiger partial charge in [0.25, 0.3) is 0 Å². The van der Waals surface area contributed by atoms with Gasteiger partial charge in [0.1, 0.15) is 0 Å². The number of rotatable bonds is 0. The van der Waals surface area contributed by atoms with Crippen molar-refractivity contribution in [3.8, 4) is 0 Å². The third-order valence-electron chi connectivity index (χ3n) is 1.62. The summed E-state index contributed by atoms with van der Waals surface area (Å²) in [5, 5.41) is 2.62. The Morgan fingerprint density at radius 1 is 0.909 bits per heavy atom. The lowest BCUT2D eigenvalue weighted by atomic mass is 10.2. The highest BCUT2D eigenvalue weighted by Crippen LogP contribution is 1.71. The van der Waals surface area contributed by atoms with E-state index in [1.54, 1.807) is 0 Å². The van der Waals surface area contributed by atoms with Crippen LogP contribution in [0.5, 0.6) is 0 Å². The summed E-state index contributed by atoms with van der Waals surface area (Å²) in [7, 11) is 0. The first kappa shape index (κ1) is 9.96. The largest absolute Gasteiger partial charge is 0.0798 e. The minimum absolute atomic E-state index is 0. The van der Waals surface area contributed by atoms with E-state index in [1.165, 1.54) is 10.4 Å². The Kier molecular flexibility index (Phi) is 4.28. The maximum Gasteiger partial charge on any atom is -0.0230 e. The van der Waals surface area contributed by atoms with Gasteiger partial charge in [-0.2, -0.15) is 0 Å². The molecule has 0 nitrogen and oxygen atoms in total. The molecular weight excluding hydrogens is 132 g/mol. The molecule has 0 heteroatoms. The van der Waals surface area contributed by atoms with Crippen LogP contribution in [-0.4, -0.2) is 0 Å². The molecule has 0 amide bonds. The topological polar surface area (TPSA) is 0 Å². The van der Waals surface area contributed by atoms with E-state index < -0.39 is 0 Å². The van der Waals surface area contributed by atoms with Crippen LogP contribution in [0.25, 0.3) is 12.2 Å². The van der Waals surface area contributed by atoms with E-state index >= 15 is 0 Å². The molecule has 0 bridgehead atoms. The van der Waals surface area contributed by atoms with Crippen LogP contribution in [0, 0.1) is 0 Å². The van der Waals surface area contributed by atoms with Gasteiger partial charge in [-0.15, -0.1) is 0 Å². The van der Waals surface area contributed by atoms with Crippen LogP contribution >= 0.6 is 0 Å². The van der Waals surface area contributed by atoms with E-state index in [0.717, 1.165) is 0 Å². The van der Waals surface area contributed by atoms with E-state index in [1.807, 2.05) is 0 Å². The van der Waals surface area contributed by atoms with Gasteiger partial charge in [-0.25, -0.2) is 0 Å². The predicted molar refractivity (Wildman–Crippen MR) is 52.7 cm³/mol. The van der Waals surface area contributed by atoms with Gasteiger partial charge < -0.3 is 0 Å². The molecule has 0 fully saturated rings. The minimum atomic E-state index is 0. The SMILES string of the molecule is C.C/C=c1/cccc/c1=C/C. The third kappa shape index (κ3) is 2.23. The van der Waals surface area contributed by atoms with E-state index in [9.17, 15) is 0 Å². The zero-order valence-electron chi connectivity index (χ0n) is 6.46. The molecule has 0 spiro atoms. The standard InChI is InChI=1S/C10H12.CH4/c1-3-9-7-5-6-8-10(9)4-2;/h3-8H,1-2H3;1H4/b9-3-,10-4-;. The lowest BCUT2D eigenvalue weighted by Gasteiger charge is -1.85. The Labute approximate surface area is 68.9 Å². The monoisotopic (exact) mass is 148 g/mol. The van der Waals surface area contributed by atoms with E-state index in [-0.39, 0.29) is 7.43 Å². The molecule has 1 rings (SSSR count).